The molecule has 3 nitrogen and oxygen atoms in total. The number of hydrogen-bond donors (Lipinski definition) is 2. The van der Waals surface area contributed by atoms with Gasteiger partial charge in [-0.2, -0.15) is 0 Å². The predicted octanol–water partition coefficient (Wildman–Crippen LogP) is 2.87. The van der Waals surface area contributed by atoms with Gasteiger partial charge in [-0.05, 0) is 45.6 Å². The highest BCUT2D eigenvalue weighted by Crippen LogP contribution is 2.21. The number of aliphatic hydroxyl groups excluding tert-OH is 1. The van der Waals surface area contributed by atoms with Crippen molar-refractivity contribution in [1.82, 2.24) is 5.32 Å². The van der Waals surface area contributed by atoms with Crippen molar-refractivity contribution in [3.8, 4) is 0 Å². The van der Waals surface area contributed by atoms with Crippen LogP contribution in [0.2, 0.25) is 0 Å². The molecule has 0 saturated heterocycles. The Morgan fingerprint density at radius 3 is 2.61 bits per heavy atom. The lowest BCUT2D eigenvalue weighted by Crippen LogP contribution is -2.46. The van der Waals surface area contributed by atoms with Gasteiger partial charge in [0.2, 0.25) is 0 Å². The van der Waals surface area contributed by atoms with Gasteiger partial charge in [-0.15, -0.1) is 0 Å². The Bertz CT molecular complexity index is 205. The van der Waals surface area contributed by atoms with E-state index in [4.69, 9.17) is 4.74 Å². The molecule has 0 aromatic carbocycles. The highest BCUT2D eigenvalue weighted by Gasteiger charge is 2.21. The predicted molar refractivity (Wildman–Crippen MR) is 75.8 cm³/mol. The van der Waals surface area contributed by atoms with Crippen molar-refractivity contribution in [3.05, 3.63) is 0 Å². The summed E-state index contributed by atoms with van der Waals surface area (Å²) in [6, 6.07) is 0. The summed E-state index contributed by atoms with van der Waals surface area (Å²) in [5, 5.41) is 12.9. The van der Waals surface area contributed by atoms with Gasteiger partial charge in [0.25, 0.3) is 0 Å². The molecule has 0 amide bonds. The number of hydrogen-bond acceptors (Lipinski definition) is 3. The maximum atomic E-state index is 9.46. The van der Waals surface area contributed by atoms with Gasteiger partial charge in [-0.1, -0.05) is 26.2 Å². The molecular formula is C15H31NO2. The van der Waals surface area contributed by atoms with Crippen LogP contribution in [-0.4, -0.2) is 36.5 Å². The zero-order valence-electron chi connectivity index (χ0n) is 12.2. The Balaban J connectivity index is 2.10. The van der Waals surface area contributed by atoms with Gasteiger partial charge in [0.15, 0.2) is 0 Å². The number of rotatable bonds is 9. The fourth-order valence-electron chi connectivity index (χ4n) is 2.59. The summed E-state index contributed by atoms with van der Waals surface area (Å²) >= 11 is 0. The van der Waals surface area contributed by atoms with E-state index in [9.17, 15) is 5.11 Å². The van der Waals surface area contributed by atoms with Gasteiger partial charge in [-0.25, -0.2) is 0 Å². The Kier molecular flexibility index (Phi) is 7.87. The summed E-state index contributed by atoms with van der Waals surface area (Å²) in [7, 11) is 0. The summed E-state index contributed by atoms with van der Waals surface area (Å²) in [5.41, 5.74) is -0.133. The standard InChI is InChI=1S/C15H31NO2/c1-3-11-16-15(2,13-17)10-7-12-18-14-8-5-4-6-9-14/h14,16-17H,3-13H2,1-2H3. The van der Waals surface area contributed by atoms with Crippen LogP contribution in [0.15, 0.2) is 0 Å². The van der Waals surface area contributed by atoms with Crippen LogP contribution in [0.1, 0.15) is 65.2 Å². The fraction of sp³-hybridized carbons (Fsp3) is 1.00. The van der Waals surface area contributed by atoms with E-state index < -0.39 is 0 Å². The second-order valence-corrected chi connectivity index (χ2v) is 5.88. The van der Waals surface area contributed by atoms with Crippen molar-refractivity contribution in [1.29, 1.82) is 0 Å². The maximum absolute atomic E-state index is 9.46. The van der Waals surface area contributed by atoms with E-state index in [0.717, 1.165) is 32.4 Å². The monoisotopic (exact) mass is 257 g/mol. The third-order valence-corrected chi connectivity index (χ3v) is 3.93. The fourth-order valence-corrected chi connectivity index (χ4v) is 2.59. The molecule has 1 fully saturated rings. The van der Waals surface area contributed by atoms with Gasteiger partial charge in [0.05, 0.1) is 12.7 Å². The number of aliphatic hydroxyl groups is 1. The molecule has 1 unspecified atom stereocenters. The SMILES string of the molecule is CCCNC(C)(CO)CCCOC1CCCCC1. The van der Waals surface area contributed by atoms with Crippen LogP contribution in [0.5, 0.6) is 0 Å². The molecule has 0 aromatic heterocycles. The van der Waals surface area contributed by atoms with Crippen molar-refractivity contribution in [2.45, 2.75) is 76.9 Å². The van der Waals surface area contributed by atoms with Crippen LogP contribution >= 0.6 is 0 Å². The maximum Gasteiger partial charge on any atom is 0.0610 e. The zero-order chi connectivity index (χ0) is 13.3. The second kappa shape index (κ2) is 8.89. The average Bonchev–Trinajstić information content (AvgIpc) is 2.43. The molecule has 1 aliphatic rings. The highest BCUT2D eigenvalue weighted by atomic mass is 16.5. The summed E-state index contributed by atoms with van der Waals surface area (Å²) in [4.78, 5) is 0. The second-order valence-electron chi connectivity index (χ2n) is 5.88. The van der Waals surface area contributed by atoms with E-state index in [2.05, 4.69) is 19.2 Å². The third kappa shape index (κ3) is 6.17. The zero-order valence-corrected chi connectivity index (χ0v) is 12.2. The first kappa shape index (κ1) is 15.9. The Morgan fingerprint density at radius 1 is 1.28 bits per heavy atom. The minimum Gasteiger partial charge on any atom is -0.394 e. The Hall–Kier alpha value is -0.120. The lowest BCUT2D eigenvalue weighted by atomic mass is 9.96. The quantitative estimate of drug-likeness (QED) is 0.624. The molecule has 2 N–H and O–H groups in total. The van der Waals surface area contributed by atoms with Crippen molar-refractivity contribution in [2.24, 2.45) is 0 Å². The molecule has 0 heterocycles. The van der Waals surface area contributed by atoms with Gasteiger partial charge in [-0.3, -0.25) is 0 Å². The van der Waals surface area contributed by atoms with Crippen LogP contribution in [-0.2, 0) is 4.74 Å². The Morgan fingerprint density at radius 2 is 2.00 bits per heavy atom. The minimum atomic E-state index is -0.133. The smallest absolute Gasteiger partial charge is 0.0610 e. The first-order valence-corrected chi connectivity index (χ1v) is 7.67. The molecule has 108 valence electrons. The van der Waals surface area contributed by atoms with Gasteiger partial charge in [0, 0.05) is 12.1 Å². The molecule has 18 heavy (non-hydrogen) atoms. The number of nitrogens with one attached hydrogen (secondary N) is 1. The van der Waals surface area contributed by atoms with Gasteiger partial charge in [0.1, 0.15) is 0 Å². The molecular weight excluding hydrogens is 226 g/mol. The summed E-state index contributed by atoms with van der Waals surface area (Å²) < 4.78 is 5.92. The molecule has 1 aliphatic carbocycles. The number of ether oxygens (including phenoxy) is 1. The van der Waals surface area contributed by atoms with Gasteiger partial charge >= 0.3 is 0 Å². The normalized spacial score (nSPS) is 20.8. The minimum absolute atomic E-state index is 0.133. The molecule has 0 radical (unpaired) electrons. The van der Waals surface area contributed by atoms with Crippen LogP contribution < -0.4 is 5.32 Å². The first-order valence-electron chi connectivity index (χ1n) is 7.67. The third-order valence-electron chi connectivity index (χ3n) is 3.93. The molecule has 0 spiro atoms. The first-order chi connectivity index (χ1) is 8.70. The van der Waals surface area contributed by atoms with E-state index in [0.29, 0.717) is 6.10 Å². The van der Waals surface area contributed by atoms with Gasteiger partial charge < -0.3 is 15.2 Å². The summed E-state index contributed by atoms with van der Waals surface area (Å²) in [6.45, 7) is 6.27. The van der Waals surface area contributed by atoms with Crippen LogP contribution in [0, 0.1) is 0 Å². The molecule has 0 aromatic rings. The molecule has 1 rings (SSSR count). The van der Waals surface area contributed by atoms with Crippen LogP contribution in [0.3, 0.4) is 0 Å². The molecule has 1 atom stereocenters. The molecule has 0 aliphatic heterocycles. The van der Waals surface area contributed by atoms with E-state index in [1.165, 1.54) is 32.1 Å². The van der Waals surface area contributed by atoms with Crippen molar-refractivity contribution >= 4 is 0 Å². The molecule has 0 bridgehead atoms. The van der Waals surface area contributed by atoms with Crippen molar-refractivity contribution in [2.75, 3.05) is 19.8 Å². The van der Waals surface area contributed by atoms with Crippen LogP contribution in [0.4, 0.5) is 0 Å². The van der Waals surface area contributed by atoms with E-state index in [1.54, 1.807) is 0 Å². The summed E-state index contributed by atoms with van der Waals surface area (Å²) in [6.07, 6.45) is 10.1. The van der Waals surface area contributed by atoms with Crippen molar-refractivity contribution < 1.29 is 9.84 Å². The Labute approximate surface area is 112 Å². The van der Waals surface area contributed by atoms with E-state index in [1.807, 2.05) is 0 Å². The summed E-state index contributed by atoms with van der Waals surface area (Å²) in [5.74, 6) is 0. The average molecular weight is 257 g/mol. The largest absolute Gasteiger partial charge is 0.394 e. The highest BCUT2D eigenvalue weighted by molar-refractivity contribution is 4.81. The molecule has 1 saturated carbocycles. The van der Waals surface area contributed by atoms with Crippen molar-refractivity contribution in [3.63, 3.8) is 0 Å². The topological polar surface area (TPSA) is 41.5 Å². The van der Waals surface area contributed by atoms with E-state index >= 15 is 0 Å². The van der Waals surface area contributed by atoms with E-state index in [-0.39, 0.29) is 12.1 Å². The van der Waals surface area contributed by atoms with Crippen LogP contribution in [0.25, 0.3) is 0 Å². The lowest BCUT2D eigenvalue weighted by molar-refractivity contribution is 0.0219. The molecule has 3 heteroatoms. The lowest BCUT2D eigenvalue weighted by Gasteiger charge is -2.29.